The van der Waals surface area contributed by atoms with E-state index in [-0.39, 0.29) is 11.4 Å². The van der Waals surface area contributed by atoms with Crippen molar-refractivity contribution in [2.24, 2.45) is 0 Å². The summed E-state index contributed by atoms with van der Waals surface area (Å²) < 4.78 is 25.9. The topological polar surface area (TPSA) is 88.7 Å². The molecule has 9 heteroatoms. The van der Waals surface area contributed by atoms with Crippen LogP contribution in [0.25, 0.3) is 21.3 Å². The molecule has 2 heterocycles. The standard InChI is InChI=1S/C25H20FN3O4S/c1-32-17-8-5-15(6-9-17)11-12-29(25-28-19-4-2-3-18(26)23(19)34-25)14-22-27-20-13-16(24(30)31)7-10-21(20)33-22/h2-10,13H,11-12,14H2,1H3,(H,30,31). The first-order valence-electron chi connectivity index (χ1n) is 10.6. The van der Waals surface area contributed by atoms with E-state index >= 15 is 0 Å². The van der Waals surface area contributed by atoms with Crippen LogP contribution in [0.4, 0.5) is 9.52 Å². The van der Waals surface area contributed by atoms with Crippen molar-refractivity contribution < 1.29 is 23.4 Å². The molecule has 1 N–H and O–H groups in total. The summed E-state index contributed by atoms with van der Waals surface area (Å²) in [5.74, 6) is -0.120. The van der Waals surface area contributed by atoms with Crippen molar-refractivity contribution in [2.75, 3.05) is 18.6 Å². The van der Waals surface area contributed by atoms with E-state index in [9.17, 15) is 14.3 Å². The fourth-order valence-electron chi connectivity index (χ4n) is 3.68. The van der Waals surface area contributed by atoms with Crippen molar-refractivity contribution in [1.29, 1.82) is 0 Å². The van der Waals surface area contributed by atoms with Gasteiger partial charge in [0.15, 0.2) is 10.7 Å². The van der Waals surface area contributed by atoms with Gasteiger partial charge in [-0.2, -0.15) is 0 Å². The number of carboxylic acids is 1. The molecular formula is C25H20FN3O4S. The van der Waals surface area contributed by atoms with Crippen LogP contribution in [0.3, 0.4) is 0 Å². The van der Waals surface area contributed by atoms with Gasteiger partial charge >= 0.3 is 5.97 Å². The van der Waals surface area contributed by atoms with Crippen LogP contribution >= 0.6 is 11.3 Å². The number of benzene rings is 3. The minimum absolute atomic E-state index is 0.144. The van der Waals surface area contributed by atoms with Crippen molar-refractivity contribution in [3.63, 3.8) is 0 Å². The Hall–Kier alpha value is -3.98. The van der Waals surface area contributed by atoms with E-state index in [0.29, 0.717) is 51.8 Å². The van der Waals surface area contributed by atoms with Crippen molar-refractivity contribution in [3.8, 4) is 5.75 Å². The monoisotopic (exact) mass is 477 g/mol. The highest BCUT2D eigenvalue weighted by Gasteiger charge is 2.18. The van der Waals surface area contributed by atoms with Gasteiger partial charge in [-0.05, 0) is 54.4 Å². The second kappa shape index (κ2) is 9.11. The Bertz CT molecular complexity index is 1480. The molecule has 0 aliphatic carbocycles. The fraction of sp³-hybridized carbons (Fsp3) is 0.160. The van der Waals surface area contributed by atoms with Crippen LogP contribution < -0.4 is 9.64 Å². The number of nitrogens with zero attached hydrogens (tertiary/aromatic N) is 3. The number of hydrogen-bond acceptors (Lipinski definition) is 7. The van der Waals surface area contributed by atoms with Crippen LogP contribution in [0.1, 0.15) is 21.8 Å². The van der Waals surface area contributed by atoms with Crippen LogP contribution in [-0.4, -0.2) is 34.7 Å². The minimum atomic E-state index is -1.02. The highest BCUT2D eigenvalue weighted by molar-refractivity contribution is 7.22. The number of ether oxygens (including phenoxy) is 1. The van der Waals surface area contributed by atoms with Gasteiger partial charge < -0.3 is 19.2 Å². The lowest BCUT2D eigenvalue weighted by Crippen LogP contribution is -2.25. The highest BCUT2D eigenvalue weighted by Crippen LogP contribution is 2.32. The van der Waals surface area contributed by atoms with Gasteiger partial charge in [0.2, 0.25) is 5.89 Å². The zero-order valence-electron chi connectivity index (χ0n) is 18.2. The van der Waals surface area contributed by atoms with Crippen LogP contribution in [0, 0.1) is 5.82 Å². The Morgan fingerprint density at radius 2 is 1.94 bits per heavy atom. The second-order valence-electron chi connectivity index (χ2n) is 7.70. The average Bonchev–Trinajstić information content (AvgIpc) is 3.46. The Morgan fingerprint density at radius 1 is 1.12 bits per heavy atom. The molecule has 0 bridgehead atoms. The van der Waals surface area contributed by atoms with Gasteiger partial charge in [-0.25, -0.2) is 19.2 Å². The first kappa shape index (κ1) is 21.8. The average molecular weight is 478 g/mol. The maximum atomic E-state index is 14.3. The summed E-state index contributed by atoms with van der Waals surface area (Å²) in [7, 11) is 1.63. The zero-order chi connectivity index (χ0) is 23.7. The van der Waals surface area contributed by atoms with E-state index in [0.717, 1.165) is 11.3 Å². The normalized spacial score (nSPS) is 11.2. The summed E-state index contributed by atoms with van der Waals surface area (Å²) in [5.41, 5.74) is 2.83. The number of halogens is 1. The van der Waals surface area contributed by atoms with Gasteiger partial charge in [-0.15, -0.1) is 0 Å². The summed E-state index contributed by atoms with van der Waals surface area (Å²) in [6, 6.07) is 17.2. The fourth-order valence-corrected chi connectivity index (χ4v) is 4.67. The van der Waals surface area contributed by atoms with E-state index in [2.05, 4.69) is 9.97 Å². The number of methoxy groups -OCH3 is 1. The van der Waals surface area contributed by atoms with Gasteiger partial charge in [0.1, 0.15) is 17.1 Å². The first-order valence-corrected chi connectivity index (χ1v) is 11.4. The quantitative estimate of drug-likeness (QED) is 0.314. The second-order valence-corrected chi connectivity index (χ2v) is 8.68. The lowest BCUT2D eigenvalue weighted by atomic mass is 10.1. The number of carbonyl (C=O) groups is 1. The van der Waals surface area contributed by atoms with Gasteiger partial charge in [-0.3, -0.25) is 0 Å². The molecule has 0 aliphatic rings. The summed E-state index contributed by atoms with van der Waals surface area (Å²) in [4.78, 5) is 22.4. The molecule has 0 atom stereocenters. The van der Waals surface area contributed by atoms with Gasteiger partial charge in [0.05, 0.1) is 29.4 Å². The molecule has 0 radical (unpaired) electrons. The predicted molar refractivity (Wildman–Crippen MR) is 128 cm³/mol. The number of fused-ring (bicyclic) bond motifs is 2. The third-order valence-electron chi connectivity index (χ3n) is 5.46. The Balaban J connectivity index is 1.45. The van der Waals surface area contributed by atoms with Crippen LogP contribution in [-0.2, 0) is 13.0 Å². The van der Waals surface area contributed by atoms with E-state index in [1.807, 2.05) is 29.2 Å². The molecule has 172 valence electrons. The number of anilines is 1. The van der Waals surface area contributed by atoms with Crippen molar-refractivity contribution >= 4 is 43.8 Å². The van der Waals surface area contributed by atoms with Crippen LogP contribution in [0.15, 0.2) is 65.1 Å². The molecule has 7 nitrogen and oxygen atoms in total. The summed E-state index contributed by atoms with van der Waals surface area (Å²) >= 11 is 1.28. The number of carboxylic acid groups (broad SMARTS) is 1. The molecular weight excluding hydrogens is 457 g/mol. The smallest absolute Gasteiger partial charge is 0.335 e. The number of aromatic nitrogens is 2. The molecule has 0 saturated heterocycles. The lowest BCUT2D eigenvalue weighted by Gasteiger charge is -2.20. The zero-order valence-corrected chi connectivity index (χ0v) is 19.0. The number of aromatic carboxylic acids is 1. The number of thiazole rings is 1. The number of hydrogen-bond donors (Lipinski definition) is 1. The molecule has 0 saturated carbocycles. The van der Waals surface area contributed by atoms with E-state index in [1.165, 1.54) is 29.5 Å². The molecule has 2 aromatic heterocycles. The largest absolute Gasteiger partial charge is 0.497 e. The van der Waals surface area contributed by atoms with E-state index in [1.54, 1.807) is 25.3 Å². The Morgan fingerprint density at radius 3 is 2.68 bits per heavy atom. The SMILES string of the molecule is COc1ccc(CCN(Cc2nc3cc(C(=O)O)ccc3o2)c2nc3cccc(F)c3s2)cc1. The molecule has 0 fully saturated rings. The Kier molecular flexibility index (Phi) is 5.85. The molecule has 5 rings (SSSR count). The van der Waals surface area contributed by atoms with Crippen molar-refractivity contribution in [2.45, 2.75) is 13.0 Å². The minimum Gasteiger partial charge on any atom is -0.497 e. The molecule has 0 aliphatic heterocycles. The van der Waals surface area contributed by atoms with Gasteiger partial charge in [-0.1, -0.05) is 29.5 Å². The lowest BCUT2D eigenvalue weighted by molar-refractivity contribution is 0.0697. The van der Waals surface area contributed by atoms with Crippen molar-refractivity contribution in [3.05, 3.63) is 83.5 Å². The van der Waals surface area contributed by atoms with Crippen molar-refractivity contribution in [1.82, 2.24) is 9.97 Å². The van der Waals surface area contributed by atoms with Crippen LogP contribution in [0.2, 0.25) is 0 Å². The Labute approximate surface area is 198 Å². The van der Waals surface area contributed by atoms with E-state index in [4.69, 9.17) is 9.15 Å². The summed E-state index contributed by atoms with van der Waals surface area (Å²) in [5, 5.41) is 9.89. The molecule has 34 heavy (non-hydrogen) atoms. The predicted octanol–water partition coefficient (Wildman–Crippen LogP) is 5.53. The summed E-state index contributed by atoms with van der Waals surface area (Å²) in [6.45, 7) is 0.890. The molecule has 0 spiro atoms. The molecule has 0 amide bonds. The maximum absolute atomic E-state index is 14.3. The molecule has 5 aromatic rings. The third kappa shape index (κ3) is 4.42. The van der Waals surface area contributed by atoms with Gasteiger partial charge in [0, 0.05) is 6.54 Å². The van der Waals surface area contributed by atoms with E-state index < -0.39 is 5.97 Å². The summed E-state index contributed by atoms with van der Waals surface area (Å²) in [6.07, 6.45) is 0.714. The molecule has 0 unspecified atom stereocenters. The van der Waals surface area contributed by atoms with Gasteiger partial charge in [0.25, 0.3) is 0 Å². The number of oxazole rings is 1. The van der Waals surface area contributed by atoms with Crippen LogP contribution in [0.5, 0.6) is 5.75 Å². The number of rotatable bonds is 8. The maximum Gasteiger partial charge on any atom is 0.335 e. The highest BCUT2D eigenvalue weighted by atomic mass is 32.1. The molecule has 3 aromatic carbocycles. The first-order chi connectivity index (χ1) is 16.5. The third-order valence-corrected chi connectivity index (χ3v) is 6.60.